The molecule has 0 N–H and O–H groups in total. The van der Waals surface area contributed by atoms with Crippen LogP contribution in [0, 0.1) is 0 Å². The van der Waals surface area contributed by atoms with E-state index in [1.807, 2.05) is 12.3 Å². The van der Waals surface area contributed by atoms with Gasteiger partial charge < -0.3 is 4.90 Å². The van der Waals surface area contributed by atoms with Gasteiger partial charge in [-0.3, -0.25) is 0 Å². The zero-order chi connectivity index (χ0) is 16.2. The van der Waals surface area contributed by atoms with E-state index in [2.05, 4.69) is 76.6 Å². The normalized spacial score (nSPS) is 17.7. The van der Waals surface area contributed by atoms with Gasteiger partial charge in [-0.1, -0.05) is 60.7 Å². The van der Waals surface area contributed by atoms with Crippen molar-refractivity contribution in [1.29, 1.82) is 0 Å². The molecule has 2 aromatic carbocycles. The highest BCUT2D eigenvalue weighted by atomic mass is 15.2. The summed E-state index contributed by atoms with van der Waals surface area (Å²) in [6.07, 6.45) is 4.36. The van der Waals surface area contributed by atoms with Gasteiger partial charge in [-0.2, -0.15) is 0 Å². The number of hydrogen-bond donors (Lipinski definition) is 0. The van der Waals surface area contributed by atoms with Gasteiger partial charge in [0.2, 0.25) is 0 Å². The van der Waals surface area contributed by atoms with Gasteiger partial charge in [0.25, 0.3) is 0 Å². The van der Waals surface area contributed by atoms with Crippen LogP contribution >= 0.6 is 0 Å². The number of benzene rings is 2. The van der Waals surface area contributed by atoms with Crippen molar-refractivity contribution in [1.82, 2.24) is 4.98 Å². The van der Waals surface area contributed by atoms with Crippen LogP contribution in [0.5, 0.6) is 0 Å². The third-order valence-corrected chi connectivity index (χ3v) is 4.88. The summed E-state index contributed by atoms with van der Waals surface area (Å²) in [6, 6.07) is 25.8. The largest absolute Gasteiger partial charge is 0.356 e. The summed E-state index contributed by atoms with van der Waals surface area (Å²) in [5.74, 6) is 1.69. The molecule has 4 rings (SSSR count). The Morgan fingerprint density at radius 3 is 2.29 bits per heavy atom. The molecule has 1 aliphatic heterocycles. The van der Waals surface area contributed by atoms with E-state index in [4.69, 9.17) is 0 Å². The Bertz CT molecular complexity index is 766. The molecule has 2 heterocycles. The Labute approximate surface area is 143 Å². The summed E-state index contributed by atoms with van der Waals surface area (Å²) < 4.78 is 0. The monoisotopic (exact) mass is 314 g/mol. The van der Waals surface area contributed by atoms with Crippen molar-refractivity contribution >= 4 is 5.82 Å². The lowest BCUT2D eigenvalue weighted by Gasteiger charge is -2.34. The van der Waals surface area contributed by atoms with Gasteiger partial charge in [0.15, 0.2) is 0 Å². The quantitative estimate of drug-likeness (QED) is 0.666. The zero-order valence-corrected chi connectivity index (χ0v) is 13.8. The van der Waals surface area contributed by atoms with Crippen molar-refractivity contribution in [2.75, 3.05) is 18.0 Å². The molecule has 120 valence electrons. The number of aromatic nitrogens is 1. The second-order valence-corrected chi connectivity index (χ2v) is 6.46. The van der Waals surface area contributed by atoms with E-state index in [1.54, 1.807) is 0 Å². The molecule has 0 spiro atoms. The fraction of sp³-hybridized carbons (Fsp3) is 0.227. The number of rotatable bonds is 3. The molecule has 0 bridgehead atoms. The Balaban J connectivity index is 1.51. The molecule has 2 nitrogen and oxygen atoms in total. The highest BCUT2D eigenvalue weighted by Gasteiger charge is 2.22. The molecule has 1 aliphatic rings. The summed E-state index contributed by atoms with van der Waals surface area (Å²) in [5.41, 5.74) is 4.01. The number of anilines is 1. The van der Waals surface area contributed by atoms with Crippen LogP contribution in [-0.2, 0) is 0 Å². The first kappa shape index (κ1) is 14.9. The van der Waals surface area contributed by atoms with Crippen LogP contribution in [0.4, 0.5) is 5.82 Å². The highest BCUT2D eigenvalue weighted by Crippen LogP contribution is 2.30. The molecular weight excluding hydrogens is 292 g/mol. The van der Waals surface area contributed by atoms with E-state index in [0.717, 1.165) is 18.9 Å². The molecule has 2 heteroatoms. The molecule has 0 saturated carbocycles. The first-order valence-corrected chi connectivity index (χ1v) is 8.71. The number of piperidine rings is 1. The lowest BCUT2D eigenvalue weighted by molar-refractivity contribution is 0.507. The maximum Gasteiger partial charge on any atom is 0.128 e. The Kier molecular flexibility index (Phi) is 4.28. The Morgan fingerprint density at radius 1 is 0.792 bits per heavy atom. The van der Waals surface area contributed by atoms with Crippen LogP contribution in [0.1, 0.15) is 24.3 Å². The molecule has 1 aromatic heterocycles. The standard InChI is InChI=1S/C22H22N2/c1-2-7-18(8-3-1)19-11-13-20(14-12-19)21-9-6-16-24(17-21)22-10-4-5-15-23-22/h1-5,7-8,10-15,21H,6,9,16-17H2/t21-/m0/s1. The average Bonchev–Trinajstić information content (AvgIpc) is 2.70. The van der Waals surface area contributed by atoms with Gasteiger partial charge in [0.05, 0.1) is 0 Å². The van der Waals surface area contributed by atoms with Crippen molar-refractivity contribution in [3.63, 3.8) is 0 Å². The fourth-order valence-electron chi connectivity index (χ4n) is 3.58. The second kappa shape index (κ2) is 6.88. The SMILES string of the molecule is c1ccc(-c2ccc([C@H]3CCCN(c4ccccn4)C3)cc2)cc1. The van der Waals surface area contributed by atoms with E-state index < -0.39 is 0 Å². The predicted molar refractivity (Wildman–Crippen MR) is 100 cm³/mol. The molecule has 3 aromatic rings. The van der Waals surface area contributed by atoms with Crippen LogP contribution in [0.3, 0.4) is 0 Å². The minimum absolute atomic E-state index is 0.588. The van der Waals surface area contributed by atoms with Crippen LogP contribution in [-0.4, -0.2) is 18.1 Å². The van der Waals surface area contributed by atoms with Gasteiger partial charge in [-0.15, -0.1) is 0 Å². The molecule has 0 amide bonds. The molecular formula is C22H22N2. The zero-order valence-electron chi connectivity index (χ0n) is 13.8. The van der Waals surface area contributed by atoms with Crippen molar-refractivity contribution in [3.8, 4) is 11.1 Å². The molecule has 0 unspecified atom stereocenters. The number of nitrogens with zero attached hydrogens (tertiary/aromatic N) is 2. The van der Waals surface area contributed by atoms with Gasteiger partial charge in [0.1, 0.15) is 5.82 Å². The minimum Gasteiger partial charge on any atom is -0.356 e. The first-order valence-electron chi connectivity index (χ1n) is 8.71. The maximum atomic E-state index is 4.51. The van der Waals surface area contributed by atoms with Crippen LogP contribution in [0.25, 0.3) is 11.1 Å². The smallest absolute Gasteiger partial charge is 0.128 e. The Morgan fingerprint density at radius 2 is 1.54 bits per heavy atom. The number of pyridine rings is 1. The van der Waals surface area contributed by atoms with E-state index in [-0.39, 0.29) is 0 Å². The van der Waals surface area contributed by atoms with Gasteiger partial charge >= 0.3 is 0 Å². The summed E-state index contributed by atoms with van der Waals surface area (Å²) in [7, 11) is 0. The van der Waals surface area contributed by atoms with Crippen molar-refractivity contribution in [2.45, 2.75) is 18.8 Å². The predicted octanol–water partition coefficient (Wildman–Crippen LogP) is 5.13. The number of hydrogen-bond acceptors (Lipinski definition) is 2. The first-order chi connectivity index (χ1) is 11.9. The van der Waals surface area contributed by atoms with Crippen molar-refractivity contribution < 1.29 is 0 Å². The maximum absolute atomic E-state index is 4.51. The summed E-state index contributed by atoms with van der Waals surface area (Å²) in [5, 5.41) is 0. The van der Waals surface area contributed by atoms with E-state index in [0.29, 0.717) is 5.92 Å². The minimum atomic E-state index is 0.588. The molecule has 1 fully saturated rings. The third-order valence-electron chi connectivity index (χ3n) is 4.88. The van der Waals surface area contributed by atoms with E-state index in [1.165, 1.54) is 29.5 Å². The molecule has 24 heavy (non-hydrogen) atoms. The molecule has 0 radical (unpaired) electrons. The highest BCUT2D eigenvalue weighted by molar-refractivity contribution is 5.63. The lowest BCUT2D eigenvalue weighted by atomic mass is 9.89. The lowest BCUT2D eigenvalue weighted by Crippen LogP contribution is -2.34. The van der Waals surface area contributed by atoms with E-state index in [9.17, 15) is 0 Å². The van der Waals surface area contributed by atoms with Gasteiger partial charge in [0, 0.05) is 25.2 Å². The molecule has 0 aliphatic carbocycles. The topological polar surface area (TPSA) is 16.1 Å². The summed E-state index contributed by atoms with van der Waals surface area (Å²) in [4.78, 5) is 6.93. The molecule has 1 saturated heterocycles. The summed E-state index contributed by atoms with van der Waals surface area (Å²) >= 11 is 0. The van der Waals surface area contributed by atoms with E-state index >= 15 is 0 Å². The van der Waals surface area contributed by atoms with Crippen LogP contribution < -0.4 is 4.90 Å². The van der Waals surface area contributed by atoms with Gasteiger partial charge in [-0.05, 0) is 41.7 Å². The van der Waals surface area contributed by atoms with Crippen molar-refractivity contribution in [2.24, 2.45) is 0 Å². The summed E-state index contributed by atoms with van der Waals surface area (Å²) in [6.45, 7) is 2.16. The third kappa shape index (κ3) is 3.18. The van der Waals surface area contributed by atoms with Crippen molar-refractivity contribution in [3.05, 3.63) is 84.6 Å². The Hall–Kier alpha value is -2.61. The van der Waals surface area contributed by atoms with Crippen LogP contribution in [0.2, 0.25) is 0 Å². The average molecular weight is 314 g/mol. The van der Waals surface area contributed by atoms with Crippen LogP contribution in [0.15, 0.2) is 79.0 Å². The second-order valence-electron chi connectivity index (χ2n) is 6.46. The fourth-order valence-corrected chi connectivity index (χ4v) is 3.58. The molecule has 1 atom stereocenters. The van der Waals surface area contributed by atoms with Gasteiger partial charge in [-0.25, -0.2) is 4.98 Å².